The van der Waals surface area contributed by atoms with Gasteiger partial charge in [0.15, 0.2) is 11.5 Å². The summed E-state index contributed by atoms with van der Waals surface area (Å²) in [6.45, 7) is 17.4. The molecule has 4 nitrogen and oxygen atoms in total. The number of allylic oxidation sites excluding steroid dienone is 12. The van der Waals surface area contributed by atoms with Crippen molar-refractivity contribution in [3.63, 3.8) is 0 Å². The molecule has 252 valence electrons. The van der Waals surface area contributed by atoms with Crippen LogP contribution < -0.4 is 9.47 Å². The van der Waals surface area contributed by atoms with Crippen LogP contribution in [0.5, 0.6) is 23.0 Å². The average molecular weight is 621 g/mol. The number of phenolic OH excluding ortho intramolecular Hbond substituents is 2. The van der Waals surface area contributed by atoms with Gasteiger partial charge in [-0.3, -0.25) is 0 Å². The molecule has 0 spiro atoms. The van der Waals surface area contributed by atoms with Crippen molar-refractivity contribution in [1.82, 2.24) is 0 Å². The van der Waals surface area contributed by atoms with E-state index in [9.17, 15) is 10.2 Å². The second-order valence-corrected chi connectivity index (χ2v) is 12.8. The molecule has 4 heteroatoms. The van der Waals surface area contributed by atoms with Crippen LogP contribution in [0.3, 0.4) is 0 Å². The quantitative estimate of drug-likeness (QED) is 0.106. The van der Waals surface area contributed by atoms with Crippen molar-refractivity contribution in [2.45, 2.75) is 139 Å². The van der Waals surface area contributed by atoms with Gasteiger partial charge in [0.05, 0.1) is 14.2 Å². The van der Waals surface area contributed by atoms with Crippen LogP contribution in [-0.4, -0.2) is 24.4 Å². The third-order valence-electron chi connectivity index (χ3n) is 8.59. The van der Waals surface area contributed by atoms with Gasteiger partial charge in [-0.15, -0.1) is 0 Å². The number of ether oxygens (including phenoxy) is 2. The number of benzene rings is 1. The third-order valence-corrected chi connectivity index (χ3v) is 8.59. The van der Waals surface area contributed by atoms with E-state index in [4.69, 9.17) is 9.47 Å². The molecule has 2 N–H and O–H groups in total. The van der Waals surface area contributed by atoms with Crippen LogP contribution in [0.25, 0.3) is 0 Å². The van der Waals surface area contributed by atoms with E-state index in [1.54, 1.807) is 6.92 Å². The normalized spacial score (nSPS) is 13.9. The first kappa shape index (κ1) is 39.9. The molecule has 0 atom stereocenters. The zero-order valence-corrected chi connectivity index (χ0v) is 30.4. The van der Waals surface area contributed by atoms with Crippen LogP contribution >= 0.6 is 0 Å². The van der Waals surface area contributed by atoms with Gasteiger partial charge in [-0.1, -0.05) is 83.2 Å². The summed E-state index contributed by atoms with van der Waals surface area (Å²) in [4.78, 5) is 0. The second-order valence-electron chi connectivity index (χ2n) is 12.8. The molecule has 0 saturated carbocycles. The Kier molecular flexibility index (Phi) is 19.8. The number of phenols is 2. The maximum Gasteiger partial charge on any atom is 0.207 e. The summed E-state index contributed by atoms with van der Waals surface area (Å²) >= 11 is 0. The van der Waals surface area contributed by atoms with Crippen LogP contribution in [0.4, 0.5) is 0 Å². The minimum Gasteiger partial charge on any atom is -0.504 e. The molecule has 0 radical (unpaired) electrons. The second kappa shape index (κ2) is 22.4. The molecule has 0 fully saturated rings. The average Bonchev–Trinajstić information content (AvgIpc) is 2.98. The standard InChI is InChI=1S/C41H64O4/c1-11-17-30(2)18-12-19-31(3)20-13-21-32(4)22-14-23-33(5)24-15-25-34(6)26-16-27-35(7)28-29-37-36(8)38(42)40(44-9)41(45-10)39(37)43/h18,20,22,24,26,28,42-43H,11-17,19,21,23,25,27,29H2,1-10H3/b30-18-,31-20+,32-22-,33-24-,34-26+,35-28+. The fourth-order valence-electron chi connectivity index (χ4n) is 5.49. The highest BCUT2D eigenvalue weighted by atomic mass is 16.5. The van der Waals surface area contributed by atoms with Crippen molar-refractivity contribution in [2.75, 3.05) is 14.2 Å². The maximum atomic E-state index is 10.7. The van der Waals surface area contributed by atoms with Crippen molar-refractivity contribution in [2.24, 2.45) is 0 Å². The van der Waals surface area contributed by atoms with E-state index < -0.39 is 0 Å². The summed E-state index contributed by atoms with van der Waals surface area (Å²) < 4.78 is 10.5. The largest absolute Gasteiger partial charge is 0.504 e. The Morgan fingerprint density at radius 1 is 0.511 bits per heavy atom. The van der Waals surface area contributed by atoms with Gasteiger partial charge in [-0.2, -0.15) is 0 Å². The van der Waals surface area contributed by atoms with Gasteiger partial charge >= 0.3 is 0 Å². The summed E-state index contributed by atoms with van der Waals surface area (Å²) in [7, 11) is 2.91. The molecule has 0 aliphatic rings. The summed E-state index contributed by atoms with van der Waals surface area (Å²) in [5.41, 5.74) is 9.97. The maximum absolute atomic E-state index is 10.7. The minimum atomic E-state index is 0.00747. The highest BCUT2D eigenvalue weighted by Gasteiger charge is 2.22. The molecular formula is C41H64O4. The Morgan fingerprint density at radius 3 is 1.16 bits per heavy atom. The van der Waals surface area contributed by atoms with Crippen molar-refractivity contribution in [3.05, 3.63) is 81.0 Å². The first-order chi connectivity index (χ1) is 21.4. The molecule has 1 rings (SSSR count). The van der Waals surface area contributed by atoms with Crippen LogP contribution in [0.1, 0.15) is 137 Å². The van der Waals surface area contributed by atoms with E-state index in [-0.39, 0.29) is 23.0 Å². The molecule has 0 unspecified atom stereocenters. The Balaban J connectivity index is 2.42. The predicted octanol–water partition coefficient (Wildman–Crippen LogP) is 12.3. The molecule has 0 heterocycles. The van der Waals surface area contributed by atoms with Gasteiger partial charge in [-0.25, -0.2) is 0 Å². The van der Waals surface area contributed by atoms with E-state index in [0.29, 0.717) is 17.5 Å². The van der Waals surface area contributed by atoms with Gasteiger partial charge in [0, 0.05) is 11.1 Å². The zero-order chi connectivity index (χ0) is 33.8. The van der Waals surface area contributed by atoms with Gasteiger partial charge in [0.1, 0.15) is 0 Å². The van der Waals surface area contributed by atoms with E-state index in [1.165, 1.54) is 73.3 Å². The van der Waals surface area contributed by atoms with Gasteiger partial charge < -0.3 is 19.7 Å². The molecule has 1 aromatic carbocycles. The monoisotopic (exact) mass is 620 g/mol. The minimum absolute atomic E-state index is 0.00747. The molecule has 0 amide bonds. The lowest BCUT2D eigenvalue weighted by Crippen LogP contribution is -1.98. The molecule has 0 saturated heterocycles. The Bertz CT molecular complexity index is 1240. The van der Waals surface area contributed by atoms with Crippen molar-refractivity contribution >= 4 is 0 Å². The number of hydrogen-bond acceptors (Lipinski definition) is 4. The first-order valence-corrected chi connectivity index (χ1v) is 17.0. The Morgan fingerprint density at radius 2 is 0.822 bits per heavy atom. The SMILES string of the molecule is CCC/C(C)=C\CC/C(C)=C/CC/C(C)=C\CC/C(C)=C\CC/C(C)=C/CC/C(C)=C/Cc1c(C)c(O)c(OC)c(OC)c1O. The molecule has 0 aliphatic heterocycles. The van der Waals surface area contributed by atoms with Crippen LogP contribution in [0.15, 0.2) is 69.9 Å². The zero-order valence-electron chi connectivity index (χ0n) is 30.4. The highest BCUT2D eigenvalue weighted by molar-refractivity contribution is 5.66. The predicted molar refractivity (Wildman–Crippen MR) is 195 cm³/mol. The van der Waals surface area contributed by atoms with Crippen molar-refractivity contribution < 1.29 is 19.7 Å². The van der Waals surface area contributed by atoms with Crippen molar-refractivity contribution in [1.29, 1.82) is 0 Å². The Hall–Kier alpha value is -3.14. The Labute approximate surface area is 276 Å². The van der Waals surface area contributed by atoms with Crippen LogP contribution in [0.2, 0.25) is 0 Å². The topological polar surface area (TPSA) is 58.9 Å². The smallest absolute Gasteiger partial charge is 0.207 e. The lowest BCUT2D eigenvalue weighted by Gasteiger charge is -2.17. The summed E-state index contributed by atoms with van der Waals surface area (Å²) in [6.07, 6.45) is 28.2. The lowest BCUT2D eigenvalue weighted by atomic mass is 9.99. The number of rotatable bonds is 21. The summed E-state index contributed by atoms with van der Waals surface area (Å²) in [6, 6.07) is 0. The summed E-state index contributed by atoms with van der Waals surface area (Å²) in [5.74, 6) is 0.360. The lowest BCUT2D eigenvalue weighted by molar-refractivity contribution is 0.314. The van der Waals surface area contributed by atoms with Gasteiger partial charge in [-0.05, 0) is 126 Å². The molecule has 0 bridgehead atoms. The number of methoxy groups -OCH3 is 2. The van der Waals surface area contributed by atoms with Gasteiger partial charge in [0.2, 0.25) is 11.5 Å². The number of hydrogen-bond donors (Lipinski definition) is 2. The van der Waals surface area contributed by atoms with Crippen LogP contribution in [0, 0.1) is 6.92 Å². The molecule has 1 aromatic rings. The molecule has 0 aromatic heterocycles. The van der Waals surface area contributed by atoms with Crippen molar-refractivity contribution in [3.8, 4) is 23.0 Å². The number of aromatic hydroxyl groups is 2. The van der Waals surface area contributed by atoms with Crippen LogP contribution in [-0.2, 0) is 6.42 Å². The molecule has 0 aliphatic carbocycles. The molecule has 45 heavy (non-hydrogen) atoms. The van der Waals surface area contributed by atoms with E-state index in [0.717, 1.165) is 51.4 Å². The van der Waals surface area contributed by atoms with E-state index in [1.807, 2.05) is 0 Å². The fraction of sp³-hybridized carbons (Fsp3) is 0.561. The highest BCUT2D eigenvalue weighted by Crippen LogP contribution is 2.48. The first-order valence-electron chi connectivity index (χ1n) is 17.0. The van der Waals surface area contributed by atoms with E-state index in [2.05, 4.69) is 84.9 Å². The third kappa shape index (κ3) is 15.6. The molecular weight excluding hydrogens is 556 g/mol. The van der Waals surface area contributed by atoms with E-state index >= 15 is 0 Å². The van der Waals surface area contributed by atoms with Gasteiger partial charge in [0.25, 0.3) is 0 Å². The summed E-state index contributed by atoms with van der Waals surface area (Å²) in [5, 5.41) is 21.2. The fourth-order valence-corrected chi connectivity index (χ4v) is 5.49.